The predicted octanol–water partition coefficient (Wildman–Crippen LogP) is 2.75. The van der Waals surface area contributed by atoms with Crippen LogP contribution in [-0.4, -0.2) is 47.2 Å². The summed E-state index contributed by atoms with van der Waals surface area (Å²) in [6.07, 6.45) is 2.00. The standard InChI is InChI=1S/C21H20N2O6/c24-19(13-7-8-17-18(11-13)29-12-28-17)22-15-5-3-4-14(10-15)20(25)23-9-2-1-6-16(23)21(26)27/h3-5,7-8,10-11,16H,1-2,6,9,12H2,(H,22,24)(H,26,27). The number of piperidine rings is 1. The smallest absolute Gasteiger partial charge is 0.326 e. The highest BCUT2D eigenvalue weighted by molar-refractivity contribution is 6.05. The Balaban J connectivity index is 1.50. The molecule has 0 spiro atoms. The molecule has 2 N–H and O–H groups in total. The number of amides is 2. The first-order valence-electron chi connectivity index (χ1n) is 9.38. The van der Waals surface area contributed by atoms with Crippen LogP contribution in [0, 0.1) is 0 Å². The summed E-state index contributed by atoms with van der Waals surface area (Å²) in [5.74, 6) is -0.606. The van der Waals surface area contributed by atoms with Crippen LogP contribution in [0.1, 0.15) is 40.0 Å². The van der Waals surface area contributed by atoms with E-state index in [0.29, 0.717) is 41.3 Å². The summed E-state index contributed by atoms with van der Waals surface area (Å²) in [5, 5.41) is 12.2. The molecule has 1 fully saturated rings. The maximum atomic E-state index is 12.9. The van der Waals surface area contributed by atoms with E-state index < -0.39 is 12.0 Å². The van der Waals surface area contributed by atoms with Gasteiger partial charge < -0.3 is 24.8 Å². The van der Waals surface area contributed by atoms with Crippen LogP contribution in [-0.2, 0) is 4.79 Å². The highest BCUT2D eigenvalue weighted by Gasteiger charge is 2.32. The molecule has 8 nitrogen and oxygen atoms in total. The molecule has 2 aliphatic heterocycles. The molecule has 2 amide bonds. The Kier molecular flexibility index (Phi) is 5.07. The molecule has 0 aliphatic carbocycles. The number of fused-ring (bicyclic) bond motifs is 1. The average molecular weight is 396 g/mol. The molecule has 1 unspecified atom stereocenters. The van der Waals surface area contributed by atoms with Crippen molar-refractivity contribution in [3.05, 3.63) is 53.6 Å². The molecule has 1 atom stereocenters. The summed E-state index contributed by atoms with van der Waals surface area (Å²) < 4.78 is 10.5. The molecule has 8 heteroatoms. The minimum absolute atomic E-state index is 0.123. The normalized spacial score (nSPS) is 17.7. The Morgan fingerprint density at radius 3 is 2.66 bits per heavy atom. The van der Waals surface area contributed by atoms with Crippen LogP contribution < -0.4 is 14.8 Å². The fourth-order valence-electron chi connectivity index (χ4n) is 3.57. The van der Waals surface area contributed by atoms with E-state index in [1.807, 2.05) is 0 Å². The third-order valence-corrected chi connectivity index (χ3v) is 5.05. The number of benzene rings is 2. The molecule has 0 saturated carbocycles. The number of likely N-dealkylation sites (tertiary alicyclic amines) is 1. The van der Waals surface area contributed by atoms with Crippen LogP contribution in [0.5, 0.6) is 11.5 Å². The van der Waals surface area contributed by atoms with Crippen LogP contribution in [0.2, 0.25) is 0 Å². The number of nitrogens with zero attached hydrogens (tertiary/aromatic N) is 1. The van der Waals surface area contributed by atoms with Crippen LogP contribution >= 0.6 is 0 Å². The number of rotatable bonds is 4. The summed E-state index contributed by atoms with van der Waals surface area (Å²) in [7, 11) is 0. The van der Waals surface area contributed by atoms with Gasteiger partial charge in [0.25, 0.3) is 11.8 Å². The summed E-state index contributed by atoms with van der Waals surface area (Å²) in [4.78, 5) is 38.3. The Hall–Kier alpha value is -3.55. The predicted molar refractivity (Wildman–Crippen MR) is 103 cm³/mol. The van der Waals surface area contributed by atoms with Gasteiger partial charge in [0.2, 0.25) is 6.79 Å². The number of ether oxygens (including phenoxy) is 2. The second-order valence-corrected chi connectivity index (χ2v) is 6.95. The van der Waals surface area contributed by atoms with E-state index in [2.05, 4.69) is 5.32 Å². The van der Waals surface area contributed by atoms with Crippen LogP contribution in [0.25, 0.3) is 0 Å². The molecular formula is C21H20N2O6. The van der Waals surface area contributed by atoms with Crippen molar-refractivity contribution >= 4 is 23.5 Å². The van der Waals surface area contributed by atoms with E-state index in [9.17, 15) is 19.5 Å². The zero-order valence-electron chi connectivity index (χ0n) is 15.6. The van der Waals surface area contributed by atoms with Crippen molar-refractivity contribution in [2.45, 2.75) is 25.3 Å². The van der Waals surface area contributed by atoms with Gasteiger partial charge >= 0.3 is 5.97 Å². The molecule has 2 aromatic carbocycles. The van der Waals surface area contributed by atoms with E-state index in [1.54, 1.807) is 42.5 Å². The minimum Gasteiger partial charge on any atom is -0.480 e. The monoisotopic (exact) mass is 396 g/mol. The largest absolute Gasteiger partial charge is 0.480 e. The number of carboxylic acids is 1. The first-order chi connectivity index (χ1) is 14.0. The van der Waals surface area contributed by atoms with Gasteiger partial charge in [-0.2, -0.15) is 0 Å². The molecule has 0 bridgehead atoms. The number of anilines is 1. The lowest BCUT2D eigenvalue weighted by molar-refractivity contribution is -0.143. The summed E-state index contributed by atoms with van der Waals surface area (Å²) >= 11 is 0. The van der Waals surface area contributed by atoms with Gasteiger partial charge in [-0.15, -0.1) is 0 Å². The average Bonchev–Trinajstić information content (AvgIpc) is 3.21. The third-order valence-electron chi connectivity index (χ3n) is 5.05. The van der Waals surface area contributed by atoms with Crippen molar-refractivity contribution < 1.29 is 29.0 Å². The van der Waals surface area contributed by atoms with Gasteiger partial charge in [-0.3, -0.25) is 9.59 Å². The molecule has 150 valence electrons. The SMILES string of the molecule is O=C(Nc1cccc(C(=O)N2CCCCC2C(=O)O)c1)c1ccc2c(c1)OCO2. The van der Waals surface area contributed by atoms with Gasteiger partial charge in [0.1, 0.15) is 6.04 Å². The lowest BCUT2D eigenvalue weighted by atomic mass is 10.0. The zero-order valence-corrected chi connectivity index (χ0v) is 15.6. The first kappa shape index (κ1) is 18.8. The Morgan fingerprint density at radius 2 is 1.83 bits per heavy atom. The molecule has 1 saturated heterocycles. The van der Waals surface area contributed by atoms with Crippen molar-refractivity contribution in [1.29, 1.82) is 0 Å². The van der Waals surface area contributed by atoms with Crippen molar-refractivity contribution in [1.82, 2.24) is 4.90 Å². The van der Waals surface area contributed by atoms with Crippen LogP contribution in [0.4, 0.5) is 5.69 Å². The van der Waals surface area contributed by atoms with Crippen LogP contribution in [0.15, 0.2) is 42.5 Å². The summed E-state index contributed by atoms with van der Waals surface area (Å²) in [5.41, 5.74) is 1.18. The van der Waals surface area contributed by atoms with E-state index in [4.69, 9.17) is 9.47 Å². The van der Waals surface area contributed by atoms with E-state index in [0.717, 1.165) is 12.8 Å². The van der Waals surface area contributed by atoms with E-state index in [1.165, 1.54) is 4.90 Å². The van der Waals surface area contributed by atoms with Gasteiger partial charge in [0, 0.05) is 23.4 Å². The molecule has 4 rings (SSSR count). The van der Waals surface area contributed by atoms with Crippen LogP contribution in [0.3, 0.4) is 0 Å². The number of hydrogen-bond acceptors (Lipinski definition) is 5. The molecule has 2 heterocycles. The van der Waals surface area contributed by atoms with Gasteiger partial charge in [-0.1, -0.05) is 6.07 Å². The molecule has 29 heavy (non-hydrogen) atoms. The fourth-order valence-corrected chi connectivity index (χ4v) is 3.57. The van der Waals surface area contributed by atoms with Crippen molar-refractivity contribution in [2.75, 3.05) is 18.7 Å². The van der Waals surface area contributed by atoms with Gasteiger partial charge in [0.15, 0.2) is 11.5 Å². The number of carboxylic acid groups (broad SMARTS) is 1. The number of nitrogens with one attached hydrogen (secondary N) is 1. The topological polar surface area (TPSA) is 105 Å². The van der Waals surface area contributed by atoms with Gasteiger partial charge in [0.05, 0.1) is 0 Å². The maximum Gasteiger partial charge on any atom is 0.326 e. The fraction of sp³-hybridized carbons (Fsp3) is 0.286. The second kappa shape index (κ2) is 7.83. The Labute approximate surface area is 167 Å². The van der Waals surface area contributed by atoms with Gasteiger partial charge in [-0.05, 0) is 55.7 Å². The number of aliphatic carboxylic acids is 1. The highest BCUT2D eigenvalue weighted by Crippen LogP contribution is 2.32. The Bertz CT molecular complexity index is 973. The van der Waals surface area contributed by atoms with E-state index in [-0.39, 0.29) is 18.6 Å². The lowest BCUT2D eigenvalue weighted by Gasteiger charge is -2.33. The third kappa shape index (κ3) is 3.87. The van der Waals surface area contributed by atoms with Gasteiger partial charge in [-0.25, -0.2) is 4.79 Å². The second-order valence-electron chi connectivity index (χ2n) is 6.95. The maximum absolute atomic E-state index is 12.9. The van der Waals surface area contributed by atoms with Crippen molar-refractivity contribution in [3.63, 3.8) is 0 Å². The first-order valence-corrected chi connectivity index (χ1v) is 9.38. The minimum atomic E-state index is -0.995. The quantitative estimate of drug-likeness (QED) is 0.823. The number of hydrogen-bond donors (Lipinski definition) is 2. The van der Waals surface area contributed by atoms with Crippen molar-refractivity contribution in [3.8, 4) is 11.5 Å². The summed E-state index contributed by atoms with van der Waals surface area (Å²) in [6, 6.07) is 10.6. The number of carbonyl (C=O) groups excluding carboxylic acids is 2. The number of carbonyl (C=O) groups is 3. The van der Waals surface area contributed by atoms with E-state index >= 15 is 0 Å². The highest BCUT2D eigenvalue weighted by atomic mass is 16.7. The molecular weight excluding hydrogens is 376 g/mol. The van der Waals surface area contributed by atoms with Crippen molar-refractivity contribution in [2.24, 2.45) is 0 Å². The molecule has 2 aromatic rings. The molecule has 2 aliphatic rings. The lowest BCUT2D eigenvalue weighted by Crippen LogP contribution is -2.48. The molecule has 0 aromatic heterocycles. The Morgan fingerprint density at radius 1 is 1.00 bits per heavy atom. The summed E-state index contributed by atoms with van der Waals surface area (Å²) in [6.45, 7) is 0.530. The zero-order chi connectivity index (χ0) is 20.4. The molecule has 0 radical (unpaired) electrons.